The Kier molecular flexibility index (Phi) is 3.89. The predicted octanol–water partition coefficient (Wildman–Crippen LogP) is 3.48. The molecule has 0 fully saturated rings. The Labute approximate surface area is 126 Å². The van der Waals surface area contributed by atoms with Gasteiger partial charge < -0.3 is 9.72 Å². The highest BCUT2D eigenvalue weighted by molar-refractivity contribution is 5.93. The van der Waals surface area contributed by atoms with Gasteiger partial charge in [0.15, 0.2) is 5.75 Å². The van der Waals surface area contributed by atoms with Crippen LogP contribution in [0.2, 0.25) is 0 Å². The summed E-state index contributed by atoms with van der Waals surface area (Å²) in [7, 11) is 0. The molecule has 2 aromatic carbocycles. The number of aromatic amines is 1. The van der Waals surface area contributed by atoms with Crippen LogP contribution < -0.4 is 10.2 Å². The molecule has 0 spiro atoms. The molecule has 5 nitrogen and oxygen atoms in total. The van der Waals surface area contributed by atoms with Gasteiger partial charge in [-0.3, -0.25) is 10.0 Å². The third-order valence-corrected chi connectivity index (χ3v) is 3.18. The van der Waals surface area contributed by atoms with Crippen LogP contribution in [0.3, 0.4) is 0 Å². The van der Waals surface area contributed by atoms with E-state index in [-0.39, 0.29) is 0 Å². The van der Waals surface area contributed by atoms with Gasteiger partial charge in [0.1, 0.15) is 5.75 Å². The highest BCUT2D eigenvalue weighted by atomic mass is 16.5. The lowest BCUT2D eigenvalue weighted by Crippen LogP contribution is -2.14. The fourth-order valence-corrected chi connectivity index (χ4v) is 2.13. The number of rotatable bonds is 4. The maximum absolute atomic E-state index is 11.0. The minimum absolute atomic E-state index is 0.574. The Hall–Kier alpha value is -3.05. The molecule has 5 heteroatoms. The van der Waals surface area contributed by atoms with Gasteiger partial charge in [0.05, 0.1) is 0 Å². The lowest BCUT2D eigenvalue weighted by Gasteiger charge is -2.04. The van der Waals surface area contributed by atoms with Crippen LogP contribution in [-0.4, -0.2) is 16.1 Å². The molecule has 0 aliphatic heterocycles. The minimum Gasteiger partial charge on any atom is -0.455 e. The Morgan fingerprint density at radius 1 is 1.18 bits per heavy atom. The molecule has 0 unspecified atom stereocenters. The van der Waals surface area contributed by atoms with Crippen LogP contribution in [0.15, 0.2) is 60.8 Å². The van der Waals surface area contributed by atoms with E-state index >= 15 is 0 Å². The van der Waals surface area contributed by atoms with Crippen LogP contribution >= 0.6 is 0 Å². The summed E-state index contributed by atoms with van der Waals surface area (Å²) in [4.78, 5) is 14.2. The van der Waals surface area contributed by atoms with Crippen LogP contribution in [0, 0.1) is 0 Å². The zero-order valence-electron chi connectivity index (χ0n) is 11.6. The van der Waals surface area contributed by atoms with Gasteiger partial charge in [-0.2, -0.15) is 0 Å². The fourth-order valence-electron chi connectivity index (χ4n) is 2.13. The van der Waals surface area contributed by atoms with Gasteiger partial charge in [-0.05, 0) is 35.9 Å². The van der Waals surface area contributed by atoms with Gasteiger partial charge in [0, 0.05) is 23.2 Å². The lowest BCUT2D eigenvalue weighted by molar-refractivity contribution is -0.124. The number of fused-ring (bicyclic) bond motifs is 1. The van der Waals surface area contributed by atoms with E-state index in [2.05, 4.69) is 4.98 Å². The minimum atomic E-state index is -0.574. The van der Waals surface area contributed by atoms with Crippen molar-refractivity contribution in [1.29, 1.82) is 0 Å². The first-order valence-electron chi connectivity index (χ1n) is 6.72. The van der Waals surface area contributed by atoms with Crippen LogP contribution in [0.5, 0.6) is 11.5 Å². The Morgan fingerprint density at radius 3 is 2.77 bits per heavy atom. The summed E-state index contributed by atoms with van der Waals surface area (Å²) in [5.74, 6) is 0.891. The first kappa shape index (κ1) is 13.9. The molecule has 0 aliphatic rings. The highest BCUT2D eigenvalue weighted by Crippen LogP contribution is 2.30. The molecular formula is C17H14N2O3. The van der Waals surface area contributed by atoms with E-state index in [0.717, 1.165) is 22.2 Å². The number of hydrogen-bond donors (Lipinski definition) is 3. The lowest BCUT2D eigenvalue weighted by atomic mass is 10.1. The molecule has 0 radical (unpaired) electrons. The number of H-pyrrole nitrogens is 1. The van der Waals surface area contributed by atoms with Gasteiger partial charge in [-0.25, -0.2) is 5.48 Å². The second kappa shape index (κ2) is 6.15. The molecule has 1 amide bonds. The third-order valence-electron chi connectivity index (χ3n) is 3.18. The van der Waals surface area contributed by atoms with Gasteiger partial charge in [-0.15, -0.1) is 0 Å². The van der Waals surface area contributed by atoms with Crippen molar-refractivity contribution in [3.8, 4) is 11.5 Å². The normalized spacial score (nSPS) is 11.0. The number of amides is 1. The number of carbonyl (C=O) groups is 1. The zero-order chi connectivity index (χ0) is 15.4. The molecule has 1 aromatic heterocycles. The summed E-state index contributed by atoms with van der Waals surface area (Å²) in [5.41, 5.74) is 3.32. The molecule has 0 atom stereocenters. The molecule has 0 saturated heterocycles. The monoisotopic (exact) mass is 294 g/mol. The Morgan fingerprint density at radius 2 is 2.00 bits per heavy atom. The predicted molar refractivity (Wildman–Crippen MR) is 83.8 cm³/mol. The number of ether oxygens (including phenoxy) is 1. The van der Waals surface area contributed by atoms with E-state index < -0.39 is 5.91 Å². The first-order valence-corrected chi connectivity index (χ1v) is 6.72. The number of carbonyl (C=O) groups excluding carboxylic acids is 1. The van der Waals surface area contributed by atoms with E-state index in [4.69, 9.17) is 9.94 Å². The fraction of sp³-hybridized carbons (Fsp3) is 0. The summed E-state index contributed by atoms with van der Waals surface area (Å²) < 4.78 is 5.86. The van der Waals surface area contributed by atoms with Crippen molar-refractivity contribution in [2.24, 2.45) is 0 Å². The van der Waals surface area contributed by atoms with Crippen molar-refractivity contribution in [1.82, 2.24) is 10.5 Å². The largest absolute Gasteiger partial charge is 0.455 e. The molecular weight excluding hydrogens is 280 g/mol. The average Bonchev–Trinajstić information content (AvgIpc) is 2.96. The Bertz CT molecular complexity index is 822. The van der Waals surface area contributed by atoms with E-state index in [1.165, 1.54) is 6.08 Å². The van der Waals surface area contributed by atoms with Crippen molar-refractivity contribution in [3.05, 3.63) is 66.4 Å². The van der Waals surface area contributed by atoms with Crippen LogP contribution in [0.4, 0.5) is 0 Å². The summed E-state index contributed by atoms with van der Waals surface area (Å²) in [6.07, 6.45) is 4.67. The number of nitrogens with one attached hydrogen (secondary N) is 2. The second-order valence-electron chi connectivity index (χ2n) is 4.68. The summed E-state index contributed by atoms with van der Waals surface area (Å²) >= 11 is 0. The van der Waals surface area contributed by atoms with E-state index in [1.54, 1.807) is 17.8 Å². The Balaban J connectivity index is 1.92. The van der Waals surface area contributed by atoms with E-state index in [9.17, 15) is 4.79 Å². The molecule has 3 aromatic rings. The first-order chi connectivity index (χ1) is 10.8. The molecule has 3 N–H and O–H groups in total. The van der Waals surface area contributed by atoms with Crippen LogP contribution in [0.25, 0.3) is 17.0 Å². The summed E-state index contributed by atoms with van der Waals surface area (Å²) in [6, 6.07) is 15.2. The van der Waals surface area contributed by atoms with Crippen molar-refractivity contribution >= 4 is 22.9 Å². The molecule has 0 saturated carbocycles. The average molecular weight is 294 g/mol. The van der Waals surface area contributed by atoms with Crippen LogP contribution in [0.1, 0.15) is 5.56 Å². The summed E-state index contributed by atoms with van der Waals surface area (Å²) in [6.45, 7) is 0. The van der Waals surface area contributed by atoms with Gasteiger partial charge in [-0.1, -0.05) is 24.3 Å². The molecule has 0 bridgehead atoms. The highest BCUT2D eigenvalue weighted by Gasteiger charge is 2.06. The van der Waals surface area contributed by atoms with Crippen molar-refractivity contribution in [3.63, 3.8) is 0 Å². The molecule has 0 aliphatic carbocycles. The molecule has 1 heterocycles. The number of para-hydroxylation sites is 1. The SMILES string of the molecule is O=C(/C=C/c1ccc2[nH]cc(Oc3ccccc3)c2c1)NO. The quantitative estimate of drug-likeness (QED) is 0.392. The molecule has 110 valence electrons. The van der Waals surface area contributed by atoms with Crippen molar-refractivity contribution < 1.29 is 14.7 Å². The standard InChI is InChI=1S/C17H14N2O3/c20-17(19-21)9-7-12-6-8-15-14(10-12)16(11-18-15)22-13-4-2-1-3-5-13/h1-11,18,21H,(H,19,20)/b9-7+. The third kappa shape index (κ3) is 2.99. The second-order valence-corrected chi connectivity index (χ2v) is 4.68. The van der Waals surface area contributed by atoms with Gasteiger partial charge in [0.25, 0.3) is 5.91 Å². The smallest absolute Gasteiger partial charge is 0.267 e. The van der Waals surface area contributed by atoms with E-state index in [0.29, 0.717) is 5.75 Å². The number of aromatic nitrogens is 1. The maximum atomic E-state index is 11.0. The van der Waals surface area contributed by atoms with Gasteiger partial charge >= 0.3 is 0 Å². The van der Waals surface area contributed by atoms with Gasteiger partial charge in [0.2, 0.25) is 0 Å². The molecule has 22 heavy (non-hydrogen) atoms. The number of hydroxylamine groups is 1. The topological polar surface area (TPSA) is 74.4 Å². The van der Waals surface area contributed by atoms with Crippen molar-refractivity contribution in [2.75, 3.05) is 0 Å². The zero-order valence-corrected chi connectivity index (χ0v) is 11.6. The molecule has 3 rings (SSSR count). The summed E-state index contributed by atoms with van der Waals surface area (Å²) in [5, 5.41) is 9.40. The number of benzene rings is 2. The van der Waals surface area contributed by atoms with E-state index in [1.807, 2.05) is 48.5 Å². The van der Waals surface area contributed by atoms with Crippen LogP contribution in [-0.2, 0) is 4.79 Å². The van der Waals surface area contributed by atoms with Crippen molar-refractivity contribution in [2.45, 2.75) is 0 Å². The maximum Gasteiger partial charge on any atom is 0.267 e. The number of hydrogen-bond acceptors (Lipinski definition) is 3.